The first-order valence-corrected chi connectivity index (χ1v) is 7.72. The van der Waals surface area contributed by atoms with Crippen LogP contribution in [0, 0.1) is 11.8 Å². The Morgan fingerprint density at radius 1 is 1.12 bits per heavy atom. The zero-order valence-corrected chi connectivity index (χ0v) is 13.9. The summed E-state index contributed by atoms with van der Waals surface area (Å²) in [4.78, 5) is 20.0. The van der Waals surface area contributed by atoms with Crippen molar-refractivity contribution in [3.63, 3.8) is 0 Å². The van der Waals surface area contributed by atoms with Crippen LogP contribution < -0.4 is 10.2 Å². The summed E-state index contributed by atoms with van der Waals surface area (Å²) in [6.07, 6.45) is 3.40. The number of ether oxygens (including phenoxy) is 1. The monoisotopic (exact) mass is 345 g/mol. The molecule has 2 N–H and O–H groups in total. The van der Waals surface area contributed by atoms with E-state index in [2.05, 4.69) is 21.8 Å². The summed E-state index contributed by atoms with van der Waals surface area (Å²) in [6, 6.07) is 14.2. The first-order chi connectivity index (χ1) is 12.7. The molecule has 2 heterocycles. The van der Waals surface area contributed by atoms with E-state index >= 15 is 0 Å². The van der Waals surface area contributed by atoms with Crippen LogP contribution in [0.5, 0.6) is 5.88 Å². The summed E-state index contributed by atoms with van der Waals surface area (Å²) < 4.78 is 5.12. The topological polar surface area (TPSA) is 84.3 Å². The highest BCUT2D eigenvalue weighted by atomic mass is 16.5. The number of benzene rings is 1. The van der Waals surface area contributed by atoms with Crippen molar-refractivity contribution in [2.24, 2.45) is 0 Å². The SMILES string of the molecule is COc1cc(C(=O)NO)cc(-c2ccc(C#Cc3cccnc3)cc2)n1. The van der Waals surface area contributed by atoms with Gasteiger partial charge in [0.15, 0.2) is 0 Å². The molecule has 0 saturated carbocycles. The number of carbonyl (C=O) groups excluding carboxylic acids is 1. The molecule has 1 aromatic carbocycles. The first kappa shape index (κ1) is 17.1. The van der Waals surface area contributed by atoms with E-state index in [1.54, 1.807) is 23.9 Å². The third-order valence-electron chi connectivity index (χ3n) is 3.57. The number of pyridine rings is 2. The largest absolute Gasteiger partial charge is 0.481 e. The van der Waals surface area contributed by atoms with Gasteiger partial charge in [0.2, 0.25) is 5.88 Å². The van der Waals surface area contributed by atoms with Crippen LogP contribution in [0.4, 0.5) is 0 Å². The molecule has 0 aliphatic carbocycles. The molecule has 0 bridgehead atoms. The molecule has 2 aromatic heterocycles. The van der Waals surface area contributed by atoms with Crippen LogP contribution in [0.1, 0.15) is 21.5 Å². The van der Waals surface area contributed by atoms with Crippen LogP contribution >= 0.6 is 0 Å². The molecule has 26 heavy (non-hydrogen) atoms. The fourth-order valence-electron chi connectivity index (χ4n) is 2.26. The average Bonchev–Trinajstić information content (AvgIpc) is 2.72. The predicted molar refractivity (Wildman–Crippen MR) is 95.7 cm³/mol. The zero-order valence-electron chi connectivity index (χ0n) is 13.9. The van der Waals surface area contributed by atoms with E-state index in [1.807, 2.05) is 36.4 Å². The summed E-state index contributed by atoms with van der Waals surface area (Å²) in [5.41, 5.74) is 4.88. The Labute approximate surface area is 150 Å². The summed E-state index contributed by atoms with van der Waals surface area (Å²) in [6.45, 7) is 0. The highest BCUT2D eigenvalue weighted by molar-refractivity contribution is 5.94. The number of methoxy groups -OCH3 is 1. The molecule has 6 heteroatoms. The van der Waals surface area contributed by atoms with Gasteiger partial charge in [0.05, 0.1) is 12.8 Å². The number of nitrogens with zero attached hydrogens (tertiary/aromatic N) is 2. The van der Waals surface area contributed by atoms with Crippen molar-refractivity contribution < 1.29 is 14.7 Å². The number of amides is 1. The van der Waals surface area contributed by atoms with Crippen molar-refractivity contribution in [3.05, 3.63) is 77.6 Å². The van der Waals surface area contributed by atoms with Crippen molar-refractivity contribution in [2.45, 2.75) is 0 Å². The molecule has 0 unspecified atom stereocenters. The molecule has 0 saturated heterocycles. The van der Waals surface area contributed by atoms with Crippen molar-refractivity contribution in [3.8, 4) is 29.0 Å². The van der Waals surface area contributed by atoms with E-state index in [1.165, 1.54) is 13.2 Å². The molecule has 6 nitrogen and oxygen atoms in total. The van der Waals surface area contributed by atoms with E-state index in [9.17, 15) is 4.79 Å². The maximum atomic E-state index is 11.7. The Hall–Kier alpha value is -3.69. The maximum Gasteiger partial charge on any atom is 0.274 e. The first-order valence-electron chi connectivity index (χ1n) is 7.72. The second-order valence-corrected chi connectivity index (χ2v) is 5.29. The Balaban J connectivity index is 1.89. The summed E-state index contributed by atoms with van der Waals surface area (Å²) >= 11 is 0. The number of hydrogen-bond acceptors (Lipinski definition) is 5. The van der Waals surface area contributed by atoms with Gasteiger partial charge < -0.3 is 4.74 Å². The van der Waals surface area contributed by atoms with Crippen molar-refractivity contribution in [1.82, 2.24) is 15.4 Å². The van der Waals surface area contributed by atoms with Crippen LogP contribution in [-0.4, -0.2) is 28.2 Å². The second-order valence-electron chi connectivity index (χ2n) is 5.29. The maximum absolute atomic E-state index is 11.7. The van der Waals surface area contributed by atoms with Crippen molar-refractivity contribution >= 4 is 5.91 Å². The van der Waals surface area contributed by atoms with Gasteiger partial charge in [-0.2, -0.15) is 0 Å². The molecule has 0 aliphatic heterocycles. The van der Waals surface area contributed by atoms with E-state index in [-0.39, 0.29) is 11.4 Å². The third kappa shape index (κ3) is 4.04. The summed E-state index contributed by atoms with van der Waals surface area (Å²) in [5, 5.41) is 8.82. The van der Waals surface area contributed by atoms with Gasteiger partial charge in [-0.15, -0.1) is 0 Å². The number of hydroxylamine groups is 1. The highest BCUT2D eigenvalue weighted by Crippen LogP contribution is 2.22. The Bertz CT molecular complexity index is 975. The lowest BCUT2D eigenvalue weighted by Crippen LogP contribution is -2.18. The smallest absolute Gasteiger partial charge is 0.274 e. The summed E-state index contributed by atoms with van der Waals surface area (Å²) in [5.74, 6) is 5.76. The lowest BCUT2D eigenvalue weighted by molar-refractivity contribution is 0.0706. The molecule has 3 rings (SSSR count). The summed E-state index contributed by atoms with van der Waals surface area (Å²) in [7, 11) is 1.46. The number of aromatic nitrogens is 2. The minimum Gasteiger partial charge on any atom is -0.481 e. The standard InChI is InChI=1S/C20H15N3O3/c1-26-19-12-17(20(24)23-25)11-18(22-19)16-8-6-14(7-9-16)4-5-15-3-2-10-21-13-15/h2-3,6-13,25H,1H3,(H,23,24). The van der Waals surface area contributed by atoms with Gasteiger partial charge in [-0.25, -0.2) is 10.5 Å². The van der Waals surface area contributed by atoms with E-state index < -0.39 is 5.91 Å². The number of hydrogen-bond donors (Lipinski definition) is 2. The molecule has 0 spiro atoms. The lowest BCUT2D eigenvalue weighted by atomic mass is 10.1. The molecule has 1 amide bonds. The molecule has 0 radical (unpaired) electrons. The van der Waals surface area contributed by atoms with E-state index in [0.717, 1.165) is 16.7 Å². The zero-order chi connectivity index (χ0) is 18.4. The number of nitrogens with one attached hydrogen (secondary N) is 1. The normalized spacial score (nSPS) is 9.77. The Kier molecular flexibility index (Phi) is 5.22. The van der Waals surface area contributed by atoms with Gasteiger partial charge in [0, 0.05) is 40.7 Å². The van der Waals surface area contributed by atoms with Crippen LogP contribution in [0.25, 0.3) is 11.3 Å². The molecule has 3 aromatic rings. The molecular formula is C20H15N3O3. The second kappa shape index (κ2) is 7.92. The lowest BCUT2D eigenvalue weighted by Gasteiger charge is -2.07. The minimum absolute atomic E-state index is 0.245. The van der Waals surface area contributed by atoms with Crippen LogP contribution in [0.3, 0.4) is 0 Å². The molecule has 128 valence electrons. The van der Waals surface area contributed by atoms with Gasteiger partial charge in [-0.1, -0.05) is 24.0 Å². The van der Waals surface area contributed by atoms with Crippen LogP contribution in [0.15, 0.2) is 60.9 Å². The molecule has 0 fully saturated rings. The van der Waals surface area contributed by atoms with Gasteiger partial charge >= 0.3 is 0 Å². The molecular weight excluding hydrogens is 330 g/mol. The van der Waals surface area contributed by atoms with E-state index in [4.69, 9.17) is 9.94 Å². The third-order valence-corrected chi connectivity index (χ3v) is 3.57. The van der Waals surface area contributed by atoms with Gasteiger partial charge in [0.25, 0.3) is 5.91 Å². The predicted octanol–water partition coefficient (Wildman–Crippen LogP) is 2.67. The fraction of sp³-hybridized carbons (Fsp3) is 0.0500. The van der Waals surface area contributed by atoms with Crippen molar-refractivity contribution in [2.75, 3.05) is 7.11 Å². The molecule has 0 atom stereocenters. The quantitative estimate of drug-likeness (QED) is 0.433. The Morgan fingerprint density at radius 2 is 1.88 bits per heavy atom. The average molecular weight is 345 g/mol. The van der Waals surface area contributed by atoms with Crippen LogP contribution in [0.2, 0.25) is 0 Å². The van der Waals surface area contributed by atoms with Gasteiger partial charge in [-0.3, -0.25) is 15.0 Å². The number of rotatable bonds is 3. The number of carbonyl (C=O) groups is 1. The van der Waals surface area contributed by atoms with Gasteiger partial charge in [0.1, 0.15) is 0 Å². The van der Waals surface area contributed by atoms with Gasteiger partial charge in [-0.05, 0) is 30.3 Å². The fourth-order valence-corrected chi connectivity index (χ4v) is 2.26. The minimum atomic E-state index is -0.633. The molecule has 0 aliphatic rings. The Morgan fingerprint density at radius 3 is 2.54 bits per heavy atom. The van der Waals surface area contributed by atoms with Crippen molar-refractivity contribution in [1.29, 1.82) is 0 Å². The van der Waals surface area contributed by atoms with Crippen LogP contribution in [-0.2, 0) is 0 Å². The van der Waals surface area contributed by atoms with E-state index in [0.29, 0.717) is 5.69 Å². The highest BCUT2D eigenvalue weighted by Gasteiger charge is 2.11.